The van der Waals surface area contributed by atoms with Crippen molar-refractivity contribution in [1.82, 2.24) is 25.2 Å². The molecule has 0 spiro atoms. The number of aromatic nitrogens is 3. The van der Waals surface area contributed by atoms with Crippen LogP contribution in [-0.2, 0) is 0 Å². The van der Waals surface area contributed by atoms with E-state index in [9.17, 15) is 4.79 Å². The molecule has 2 aromatic rings. The zero-order chi connectivity index (χ0) is 16.1. The number of nitrogens with one attached hydrogen (secondary N) is 1. The van der Waals surface area contributed by atoms with E-state index in [-0.39, 0.29) is 18.3 Å². The highest BCUT2D eigenvalue weighted by Crippen LogP contribution is 2.18. The lowest BCUT2D eigenvalue weighted by Gasteiger charge is -2.31. The molecule has 1 N–H and O–H groups in total. The van der Waals surface area contributed by atoms with Crippen LogP contribution in [0.3, 0.4) is 0 Å². The largest absolute Gasteiger partial charge is 0.337 e. The van der Waals surface area contributed by atoms with Gasteiger partial charge in [-0.1, -0.05) is 25.1 Å². The van der Waals surface area contributed by atoms with Crippen LogP contribution in [0.2, 0.25) is 0 Å². The van der Waals surface area contributed by atoms with Crippen molar-refractivity contribution < 1.29 is 4.79 Å². The van der Waals surface area contributed by atoms with Crippen LogP contribution in [0, 0.1) is 5.92 Å². The van der Waals surface area contributed by atoms with Crippen molar-refractivity contribution in [2.24, 2.45) is 5.92 Å². The molecule has 1 aliphatic heterocycles. The second-order valence-electron chi connectivity index (χ2n) is 5.90. The van der Waals surface area contributed by atoms with Crippen LogP contribution in [0.15, 0.2) is 36.5 Å². The van der Waals surface area contributed by atoms with Crippen LogP contribution in [-0.4, -0.2) is 52.0 Å². The first-order chi connectivity index (χ1) is 11.3. The molecule has 6 nitrogen and oxygen atoms in total. The molecule has 0 unspecified atom stereocenters. The van der Waals surface area contributed by atoms with Gasteiger partial charge in [0.2, 0.25) is 0 Å². The quantitative estimate of drug-likeness (QED) is 0.898. The number of carbonyl (C=O) groups excluding carboxylic acids is 1. The van der Waals surface area contributed by atoms with Crippen molar-refractivity contribution in [3.8, 4) is 5.69 Å². The average Bonchev–Trinajstić information content (AvgIpc) is 3.11. The predicted molar refractivity (Wildman–Crippen MR) is 95.8 cm³/mol. The number of likely N-dealkylation sites (tertiary alicyclic amines) is 1. The lowest BCUT2D eigenvalue weighted by molar-refractivity contribution is 0.0684. The maximum atomic E-state index is 12.6. The molecule has 1 aliphatic rings. The van der Waals surface area contributed by atoms with Gasteiger partial charge in [-0.2, -0.15) is 9.90 Å². The number of hydrogen-bond donors (Lipinski definition) is 1. The van der Waals surface area contributed by atoms with Gasteiger partial charge in [-0.3, -0.25) is 4.79 Å². The highest BCUT2D eigenvalue weighted by Gasteiger charge is 2.25. The minimum absolute atomic E-state index is 0. The minimum atomic E-state index is -0.0194. The second-order valence-corrected chi connectivity index (χ2v) is 5.90. The van der Waals surface area contributed by atoms with Crippen molar-refractivity contribution >= 4 is 18.3 Å². The highest BCUT2D eigenvalue weighted by molar-refractivity contribution is 5.92. The van der Waals surface area contributed by atoms with Gasteiger partial charge in [0, 0.05) is 13.1 Å². The van der Waals surface area contributed by atoms with Gasteiger partial charge in [-0.05, 0) is 44.0 Å². The molecule has 0 saturated carbocycles. The normalized spacial score (nSPS) is 15.1. The molecular formula is C17H24ClN5O. The van der Waals surface area contributed by atoms with Crippen LogP contribution >= 0.6 is 12.4 Å². The third-order valence-corrected chi connectivity index (χ3v) is 4.28. The van der Waals surface area contributed by atoms with E-state index in [0.717, 1.165) is 44.7 Å². The molecule has 1 fully saturated rings. The lowest BCUT2D eigenvalue weighted by atomic mass is 9.96. The first kappa shape index (κ1) is 18.4. The number of halogens is 1. The van der Waals surface area contributed by atoms with E-state index in [1.54, 1.807) is 6.20 Å². The maximum Gasteiger partial charge on any atom is 0.276 e. The summed E-state index contributed by atoms with van der Waals surface area (Å²) in [5, 5.41) is 11.9. The van der Waals surface area contributed by atoms with Crippen LogP contribution in [0.25, 0.3) is 5.69 Å². The second kappa shape index (κ2) is 8.80. The monoisotopic (exact) mass is 349 g/mol. The summed E-state index contributed by atoms with van der Waals surface area (Å²) in [5.41, 5.74) is 1.27. The molecule has 7 heteroatoms. The van der Waals surface area contributed by atoms with Crippen molar-refractivity contribution in [3.63, 3.8) is 0 Å². The van der Waals surface area contributed by atoms with Crippen molar-refractivity contribution in [3.05, 3.63) is 42.2 Å². The smallest absolute Gasteiger partial charge is 0.276 e. The molecule has 130 valence electrons. The molecule has 24 heavy (non-hydrogen) atoms. The molecule has 0 radical (unpaired) electrons. The van der Waals surface area contributed by atoms with Gasteiger partial charge in [0.15, 0.2) is 5.69 Å². The van der Waals surface area contributed by atoms with E-state index in [4.69, 9.17) is 0 Å². The van der Waals surface area contributed by atoms with Crippen LogP contribution < -0.4 is 5.32 Å². The third kappa shape index (κ3) is 4.33. The average molecular weight is 350 g/mol. The Morgan fingerprint density at radius 1 is 1.25 bits per heavy atom. The van der Waals surface area contributed by atoms with Crippen LogP contribution in [0.4, 0.5) is 0 Å². The molecule has 3 rings (SSSR count). The number of carbonyl (C=O) groups is 1. The lowest BCUT2D eigenvalue weighted by Crippen LogP contribution is -2.41. The number of rotatable bonds is 5. The molecule has 1 aromatic heterocycles. The third-order valence-electron chi connectivity index (χ3n) is 4.28. The molecular weight excluding hydrogens is 326 g/mol. The van der Waals surface area contributed by atoms with Gasteiger partial charge in [0.25, 0.3) is 5.91 Å². The fourth-order valence-electron chi connectivity index (χ4n) is 2.90. The van der Waals surface area contributed by atoms with Gasteiger partial charge >= 0.3 is 0 Å². The molecule has 1 amide bonds. The standard InChI is InChI=1S/C17H23N5O.ClH/c1-2-18-12-14-8-10-21(11-9-14)17(23)16-13-19-22(20-16)15-6-4-3-5-7-15;/h3-7,13-14,18H,2,8-12H2,1H3;1H. The summed E-state index contributed by atoms with van der Waals surface area (Å²) in [6.45, 7) is 5.76. The Labute approximate surface area is 148 Å². The van der Waals surface area contributed by atoms with E-state index < -0.39 is 0 Å². The van der Waals surface area contributed by atoms with E-state index in [2.05, 4.69) is 22.4 Å². The highest BCUT2D eigenvalue weighted by atomic mass is 35.5. The Bertz CT molecular complexity index is 637. The van der Waals surface area contributed by atoms with Gasteiger partial charge in [0.1, 0.15) is 0 Å². The molecule has 0 bridgehead atoms. The van der Waals surface area contributed by atoms with E-state index in [1.807, 2.05) is 35.2 Å². The SMILES string of the molecule is CCNCC1CCN(C(=O)c2cnn(-c3ccccc3)n2)CC1.Cl. The zero-order valence-electron chi connectivity index (χ0n) is 13.9. The van der Waals surface area contributed by atoms with Gasteiger partial charge in [0.05, 0.1) is 11.9 Å². The molecule has 1 saturated heterocycles. The first-order valence-corrected chi connectivity index (χ1v) is 8.25. The first-order valence-electron chi connectivity index (χ1n) is 8.25. The number of piperidine rings is 1. The zero-order valence-corrected chi connectivity index (χ0v) is 14.7. The summed E-state index contributed by atoms with van der Waals surface area (Å²) < 4.78 is 0. The molecule has 1 aromatic carbocycles. The van der Waals surface area contributed by atoms with Gasteiger partial charge in [-0.15, -0.1) is 17.5 Å². The Kier molecular flexibility index (Phi) is 6.75. The summed E-state index contributed by atoms with van der Waals surface area (Å²) in [4.78, 5) is 16.0. The Balaban J connectivity index is 0.00000208. The van der Waals surface area contributed by atoms with Gasteiger partial charge in [-0.25, -0.2) is 0 Å². The Morgan fingerprint density at radius 2 is 1.96 bits per heavy atom. The predicted octanol–water partition coefficient (Wildman–Crippen LogP) is 2.15. The van der Waals surface area contributed by atoms with Crippen molar-refractivity contribution in [2.45, 2.75) is 19.8 Å². The topological polar surface area (TPSA) is 63.1 Å². The Hall–Kier alpha value is -1.92. The van der Waals surface area contributed by atoms with Crippen molar-refractivity contribution in [2.75, 3.05) is 26.2 Å². The molecule has 0 atom stereocenters. The van der Waals surface area contributed by atoms with E-state index in [0.29, 0.717) is 11.6 Å². The van der Waals surface area contributed by atoms with Crippen molar-refractivity contribution in [1.29, 1.82) is 0 Å². The number of nitrogens with zero attached hydrogens (tertiary/aromatic N) is 4. The number of para-hydroxylation sites is 1. The van der Waals surface area contributed by atoms with Crippen LogP contribution in [0.5, 0.6) is 0 Å². The van der Waals surface area contributed by atoms with E-state index in [1.165, 1.54) is 4.80 Å². The molecule has 2 heterocycles. The summed E-state index contributed by atoms with van der Waals surface area (Å²) in [5.74, 6) is 0.646. The molecule has 0 aliphatic carbocycles. The summed E-state index contributed by atoms with van der Waals surface area (Å²) in [6.07, 6.45) is 3.65. The maximum absolute atomic E-state index is 12.6. The summed E-state index contributed by atoms with van der Waals surface area (Å²) in [7, 11) is 0. The van der Waals surface area contributed by atoms with E-state index >= 15 is 0 Å². The van der Waals surface area contributed by atoms with Gasteiger partial charge < -0.3 is 10.2 Å². The summed E-state index contributed by atoms with van der Waals surface area (Å²) >= 11 is 0. The number of benzene rings is 1. The van der Waals surface area contributed by atoms with Crippen LogP contribution in [0.1, 0.15) is 30.3 Å². The Morgan fingerprint density at radius 3 is 2.62 bits per heavy atom. The minimum Gasteiger partial charge on any atom is -0.337 e. The fraction of sp³-hybridized carbons (Fsp3) is 0.471. The fourth-order valence-corrected chi connectivity index (χ4v) is 2.90. The number of hydrogen-bond acceptors (Lipinski definition) is 4. The number of amides is 1. The summed E-state index contributed by atoms with van der Waals surface area (Å²) in [6, 6.07) is 9.63.